The number of phenols is 2. The first-order chi connectivity index (χ1) is 9.97. The monoisotopic (exact) mass is 290 g/mol. The molecule has 1 heterocycles. The third-order valence-electron chi connectivity index (χ3n) is 3.69. The molecule has 1 aliphatic heterocycles. The van der Waals surface area contributed by atoms with Crippen LogP contribution in [0.4, 0.5) is 0 Å². The van der Waals surface area contributed by atoms with Crippen LogP contribution in [0.2, 0.25) is 0 Å². The highest BCUT2D eigenvalue weighted by atomic mass is 16.5. The smallest absolute Gasteiger partial charge is 0.202 e. The van der Waals surface area contributed by atoms with Crippen molar-refractivity contribution in [2.24, 2.45) is 5.92 Å². The van der Waals surface area contributed by atoms with E-state index in [1.54, 1.807) is 12.2 Å². The molecule has 21 heavy (non-hydrogen) atoms. The van der Waals surface area contributed by atoms with Gasteiger partial charge in [0.25, 0.3) is 0 Å². The molecule has 2 aliphatic rings. The molecule has 1 aromatic carbocycles. The third-order valence-corrected chi connectivity index (χ3v) is 3.69. The molecule has 0 aromatic heterocycles. The highest BCUT2D eigenvalue weighted by Crippen LogP contribution is 2.40. The number of Topliss-reactive ketones (excluding diaryl/α,β-unsaturated/α-hetero) is 1. The molecule has 1 unspecified atom stereocenters. The van der Waals surface area contributed by atoms with Gasteiger partial charge in [0.1, 0.15) is 34.7 Å². The molecule has 110 valence electrons. The van der Waals surface area contributed by atoms with Crippen molar-refractivity contribution in [1.29, 1.82) is 0 Å². The second-order valence-electron chi connectivity index (χ2n) is 5.12. The number of benzene rings is 1. The minimum Gasteiger partial charge on any atom is -0.508 e. The number of carbonyl (C=O) groups is 1. The van der Waals surface area contributed by atoms with E-state index in [0.29, 0.717) is 6.42 Å². The van der Waals surface area contributed by atoms with Crippen LogP contribution in [0.5, 0.6) is 17.2 Å². The summed E-state index contributed by atoms with van der Waals surface area (Å²) in [4.78, 5) is 12.2. The lowest BCUT2D eigenvalue weighted by atomic mass is 9.86. The van der Waals surface area contributed by atoms with Gasteiger partial charge in [0, 0.05) is 18.1 Å². The van der Waals surface area contributed by atoms with Crippen LogP contribution >= 0.6 is 0 Å². The fraction of sp³-hybridized carbons (Fsp3) is 0.267. The molecule has 0 amide bonds. The Morgan fingerprint density at radius 2 is 1.95 bits per heavy atom. The highest BCUT2D eigenvalue weighted by Gasteiger charge is 2.41. The standard InChI is InChI=1S/C15H14O6/c16-8-3-1-7(2-4-8)15-14(20)13(19)12-10(18)5-9(17)6-11(12)21-15/h1,3-7,14-18,20H,2H2/t7?,14-,15+/m0/s1. The Morgan fingerprint density at radius 1 is 1.19 bits per heavy atom. The fourth-order valence-electron chi connectivity index (χ4n) is 2.63. The van der Waals surface area contributed by atoms with Gasteiger partial charge < -0.3 is 25.2 Å². The molecule has 0 fully saturated rings. The maximum atomic E-state index is 12.2. The van der Waals surface area contributed by atoms with E-state index in [9.17, 15) is 25.2 Å². The Morgan fingerprint density at radius 3 is 2.62 bits per heavy atom. The van der Waals surface area contributed by atoms with Crippen molar-refractivity contribution in [1.82, 2.24) is 0 Å². The van der Waals surface area contributed by atoms with Crippen molar-refractivity contribution < 1.29 is 30.0 Å². The summed E-state index contributed by atoms with van der Waals surface area (Å²) >= 11 is 0. The Hall–Kier alpha value is -2.47. The van der Waals surface area contributed by atoms with Crippen LogP contribution in [0.1, 0.15) is 16.8 Å². The average molecular weight is 290 g/mol. The summed E-state index contributed by atoms with van der Waals surface area (Å²) in [5, 5.41) is 38.7. The van der Waals surface area contributed by atoms with Crippen LogP contribution < -0.4 is 4.74 Å². The zero-order valence-corrected chi connectivity index (χ0v) is 10.9. The van der Waals surface area contributed by atoms with Gasteiger partial charge in [-0.1, -0.05) is 6.08 Å². The SMILES string of the molecule is O=C1c2c(O)cc(O)cc2O[C@H](C2C=CC(O)=CC2)[C@H]1O. The lowest BCUT2D eigenvalue weighted by Gasteiger charge is -2.34. The molecular formula is C15H14O6. The van der Waals surface area contributed by atoms with E-state index in [4.69, 9.17) is 4.74 Å². The summed E-state index contributed by atoms with van der Waals surface area (Å²) in [5.74, 6) is -1.43. The van der Waals surface area contributed by atoms with Crippen molar-refractivity contribution in [2.45, 2.75) is 18.6 Å². The van der Waals surface area contributed by atoms with Gasteiger partial charge in [-0.3, -0.25) is 4.79 Å². The lowest BCUT2D eigenvalue weighted by Crippen LogP contribution is -2.46. The van der Waals surface area contributed by atoms with Gasteiger partial charge in [-0.25, -0.2) is 0 Å². The van der Waals surface area contributed by atoms with Crippen molar-refractivity contribution in [3.63, 3.8) is 0 Å². The van der Waals surface area contributed by atoms with Crippen LogP contribution in [0, 0.1) is 5.92 Å². The highest BCUT2D eigenvalue weighted by molar-refractivity contribution is 6.05. The maximum Gasteiger partial charge on any atom is 0.202 e. The molecule has 6 heteroatoms. The van der Waals surface area contributed by atoms with Gasteiger partial charge in [0.2, 0.25) is 5.78 Å². The normalized spacial score (nSPS) is 27.8. The van der Waals surface area contributed by atoms with Gasteiger partial charge in [-0.2, -0.15) is 0 Å². The van der Waals surface area contributed by atoms with Crippen molar-refractivity contribution in [2.75, 3.05) is 0 Å². The number of carbonyl (C=O) groups excluding carboxylic acids is 1. The Kier molecular flexibility index (Phi) is 3.10. The Bertz CT molecular complexity index is 660. The zero-order valence-electron chi connectivity index (χ0n) is 10.9. The molecule has 1 aliphatic carbocycles. The number of allylic oxidation sites excluding steroid dienone is 2. The number of ether oxygens (including phenoxy) is 1. The van der Waals surface area contributed by atoms with Crippen LogP contribution in [0.3, 0.4) is 0 Å². The molecule has 0 saturated carbocycles. The molecule has 0 saturated heterocycles. The number of ketones is 1. The largest absolute Gasteiger partial charge is 0.508 e. The molecule has 0 radical (unpaired) electrons. The second kappa shape index (κ2) is 4.82. The van der Waals surface area contributed by atoms with Gasteiger partial charge in [-0.05, 0) is 18.6 Å². The van der Waals surface area contributed by atoms with E-state index in [2.05, 4.69) is 0 Å². The van der Waals surface area contributed by atoms with E-state index in [0.717, 1.165) is 6.07 Å². The number of aliphatic hydroxyl groups is 2. The average Bonchev–Trinajstić information content (AvgIpc) is 2.43. The number of aromatic hydroxyl groups is 2. The van der Waals surface area contributed by atoms with Crippen molar-refractivity contribution in [3.8, 4) is 17.2 Å². The predicted molar refractivity (Wildman–Crippen MR) is 72.5 cm³/mol. The zero-order chi connectivity index (χ0) is 15.1. The molecule has 1 aromatic rings. The molecule has 3 rings (SSSR count). The minimum absolute atomic E-state index is 0.0416. The molecule has 4 N–H and O–H groups in total. The van der Waals surface area contributed by atoms with Crippen LogP contribution in [0.15, 0.2) is 36.1 Å². The fourth-order valence-corrected chi connectivity index (χ4v) is 2.63. The van der Waals surface area contributed by atoms with Crippen LogP contribution in [-0.4, -0.2) is 38.4 Å². The van der Waals surface area contributed by atoms with Crippen LogP contribution in [0.25, 0.3) is 0 Å². The summed E-state index contributed by atoms with van der Waals surface area (Å²) in [5.41, 5.74) is -0.130. The van der Waals surface area contributed by atoms with E-state index in [1.165, 1.54) is 12.1 Å². The van der Waals surface area contributed by atoms with Gasteiger partial charge in [0.05, 0.1) is 0 Å². The Balaban J connectivity index is 1.96. The third kappa shape index (κ3) is 2.23. The topological polar surface area (TPSA) is 107 Å². The lowest BCUT2D eigenvalue weighted by molar-refractivity contribution is 0.00573. The number of fused-ring (bicyclic) bond motifs is 1. The summed E-state index contributed by atoms with van der Waals surface area (Å²) < 4.78 is 5.60. The number of aliphatic hydroxyl groups excluding tert-OH is 2. The molecule has 0 spiro atoms. The van der Waals surface area contributed by atoms with Crippen molar-refractivity contribution in [3.05, 3.63) is 41.7 Å². The summed E-state index contributed by atoms with van der Waals surface area (Å²) in [7, 11) is 0. The quantitative estimate of drug-likeness (QED) is 0.623. The van der Waals surface area contributed by atoms with E-state index >= 15 is 0 Å². The van der Waals surface area contributed by atoms with Crippen molar-refractivity contribution >= 4 is 5.78 Å². The van der Waals surface area contributed by atoms with E-state index < -0.39 is 23.7 Å². The first kappa shape index (κ1) is 13.5. The molecule has 0 bridgehead atoms. The first-order valence-electron chi connectivity index (χ1n) is 6.49. The van der Waals surface area contributed by atoms with Gasteiger partial charge >= 0.3 is 0 Å². The predicted octanol–water partition coefficient (Wildman–Crippen LogP) is 1.42. The number of hydrogen-bond acceptors (Lipinski definition) is 6. The summed E-state index contributed by atoms with van der Waals surface area (Å²) in [6, 6.07) is 2.25. The van der Waals surface area contributed by atoms with E-state index in [1.807, 2.05) is 0 Å². The summed E-state index contributed by atoms with van der Waals surface area (Å²) in [6.45, 7) is 0. The van der Waals surface area contributed by atoms with Gasteiger partial charge in [-0.15, -0.1) is 0 Å². The van der Waals surface area contributed by atoms with Crippen LogP contribution in [-0.2, 0) is 0 Å². The van der Waals surface area contributed by atoms with Gasteiger partial charge in [0.15, 0.2) is 6.10 Å². The molecular weight excluding hydrogens is 276 g/mol. The number of hydrogen-bond donors (Lipinski definition) is 4. The minimum atomic E-state index is -1.42. The molecule has 6 nitrogen and oxygen atoms in total. The second-order valence-corrected chi connectivity index (χ2v) is 5.12. The first-order valence-corrected chi connectivity index (χ1v) is 6.49. The Labute approximate surface area is 120 Å². The summed E-state index contributed by atoms with van der Waals surface area (Å²) in [6.07, 6.45) is 2.86. The molecule has 3 atom stereocenters. The number of phenolic OH excluding ortho intramolecular Hbond substituents is 2. The number of rotatable bonds is 1. The van der Waals surface area contributed by atoms with E-state index in [-0.39, 0.29) is 28.7 Å². The maximum absolute atomic E-state index is 12.2.